The molecule has 3 aromatic rings. The number of rotatable bonds is 3. The first kappa shape index (κ1) is 15.2. The molecule has 1 unspecified atom stereocenters. The van der Waals surface area contributed by atoms with Crippen LogP contribution < -0.4 is 4.61 Å². The Hall–Kier alpha value is -1.73. The quantitative estimate of drug-likeness (QED) is 0.670. The molecule has 3 rings (SSSR count). The van der Waals surface area contributed by atoms with E-state index in [1.807, 2.05) is 36.4 Å². The molecule has 4 heteroatoms. The average molecular weight is 356 g/mol. The number of fused-ring (bicyclic) bond motifs is 1. The predicted molar refractivity (Wildman–Crippen MR) is 91.7 cm³/mol. The number of aromatic nitrogens is 2. The Morgan fingerprint density at radius 1 is 1.00 bits per heavy atom. The zero-order valence-corrected chi connectivity index (χ0v) is 15.0. The molecule has 1 atom stereocenters. The Kier molecular flexibility index (Phi) is 4.26. The minimum atomic E-state index is -0.321. The molecular formula is C18H18AsFN2. The van der Waals surface area contributed by atoms with E-state index in [0.717, 1.165) is 26.9 Å². The molecule has 0 saturated carbocycles. The fourth-order valence-corrected chi connectivity index (χ4v) is 3.49. The zero-order chi connectivity index (χ0) is 15.7. The third kappa shape index (κ3) is 2.78. The van der Waals surface area contributed by atoms with E-state index in [2.05, 4.69) is 24.5 Å². The molecule has 0 spiro atoms. The van der Waals surface area contributed by atoms with Crippen LogP contribution in [0.25, 0.3) is 22.0 Å². The molecule has 0 saturated heterocycles. The van der Waals surface area contributed by atoms with Crippen molar-refractivity contribution in [3.05, 3.63) is 54.0 Å². The van der Waals surface area contributed by atoms with Gasteiger partial charge in [0.2, 0.25) is 0 Å². The molecular weight excluding hydrogens is 338 g/mol. The first-order valence-electron chi connectivity index (χ1n) is 7.34. The van der Waals surface area contributed by atoms with Crippen molar-refractivity contribution in [2.24, 2.45) is 0 Å². The van der Waals surface area contributed by atoms with Crippen LogP contribution in [0.4, 0.5) is 4.39 Å². The second-order valence-corrected chi connectivity index (χ2v) is 7.53. The zero-order valence-electron chi connectivity index (χ0n) is 12.9. The number of benzene rings is 2. The Bertz CT molecular complexity index is 830. The number of hydrogen-bond donors (Lipinski definition) is 0. The normalized spacial score (nSPS) is 11.9. The molecule has 0 fully saturated rings. The van der Waals surface area contributed by atoms with E-state index in [0.29, 0.717) is 11.3 Å². The van der Waals surface area contributed by atoms with Gasteiger partial charge >= 0.3 is 136 Å². The molecule has 0 aliphatic heterocycles. The second-order valence-electron chi connectivity index (χ2n) is 5.55. The van der Waals surface area contributed by atoms with E-state index < -0.39 is 0 Å². The van der Waals surface area contributed by atoms with E-state index in [1.54, 1.807) is 0 Å². The van der Waals surface area contributed by atoms with Crippen LogP contribution in [0.2, 0.25) is 5.71 Å². The molecule has 0 aliphatic rings. The second kappa shape index (κ2) is 6.18. The minimum absolute atomic E-state index is 0.193. The van der Waals surface area contributed by atoms with E-state index >= 15 is 0 Å². The van der Waals surface area contributed by atoms with Gasteiger partial charge in [0.15, 0.2) is 0 Å². The van der Waals surface area contributed by atoms with Crippen LogP contribution in [0.3, 0.4) is 0 Å². The van der Waals surface area contributed by atoms with Crippen LogP contribution >= 0.6 is 0 Å². The van der Waals surface area contributed by atoms with Gasteiger partial charge in [-0.2, -0.15) is 0 Å². The van der Waals surface area contributed by atoms with Crippen molar-refractivity contribution in [3.63, 3.8) is 0 Å². The van der Waals surface area contributed by atoms with Crippen molar-refractivity contribution in [2.75, 3.05) is 0 Å². The van der Waals surface area contributed by atoms with Crippen LogP contribution in [0.5, 0.6) is 0 Å². The van der Waals surface area contributed by atoms with Gasteiger partial charge < -0.3 is 0 Å². The summed E-state index contributed by atoms with van der Waals surface area (Å²) in [7, 11) is 0. The summed E-state index contributed by atoms with van der Waals surface area (Å²) in [5.41, 5.74) is 5.10. The van der Waals surface area contributed by atoms with Gasteiger partial charge in [0, 0.05) is 0 Å². The van der Waals surface area contributed by atoms with Gasteiger partial charge in [-0.1, -0.05) is 0 Å². The van der Waals surface area contributed by atoms with Gasteiger partial charge in [-0.25, -0.2) is 0 Å². The summed E-state index contributed by atoms with van der Waals surface area (Å²) in [6, 6.07) is 12.9. The molecule has 0 aliphatic carbocycles. The maximum atomic E-state index is 14.0. The first-order chi connectivity index (χ1) is 10.6. The van der Waals surface area contributed by atoms with E-state index in [1.165, 1.54) is 6.07 Å². The Morgan fingerprint density at radius 3 is 2.41 bits per heavy atom. The average Bonchev–Trinajstić information content (AvgIpc) is 2.55. The van der Waals surface area contributed by atoms with Gasteiger partial charge in [-0.05, 0) is 0 Å². The van der Waals surface area contributed by atoms with Gasteiger partial charge in [-0.3, -0.25) is 0 Å². The van der Waals surface area contributed by atoms with E-state index in [9.17, 15) is 4.39 Å². The topological polar surface area (TPSA) is 25.8 Å². The molecule has 0 N–H and O–H groups in total. The van der Waals surface area contributed by atoms with Gasteiger partial charge in [0.1, 0.15) is 0 Å². The Labute approximate surface area is 136 Å². The molecule has 112 valence electrons. The third-order valence-electron chi connectivity index (χ3n) is 3.71. The number of halogens is 1. The van der Waals surface area contributed by atoms with Crippen LogP contribution in [-0.4, -0.2) is 25.7 Å². The van der Waals surface area contributed by atoms with Crippen LogP contribution in [-0.2, 0) is 0 Å². The molecule has 1 heterocycles. The monoisotopic (exact) mass is 356 g/mol. The summed E-state index contributed by atoms with van der Waals surface area (Å²) in [6.07, 6.45) is 0. The van der Waals surface area contributed by atoms with Crippen molar-refractivity contribution < 1.29 is 4.39 Å². The number of hydrogen-bond acceptors (Lipinski definition) is 2. The molecule has 0 bridgehead atoms. The molecule has 1 aromatic heterocycles. The predicted octanol–water partition coefficient (Wildman–Crippen LogP) is 3.67. The summed E-state index contributed by atoms with van der Waals surface area (Å²) >= 11 is -0.321. The van der Waals surface area contributed by atoms with Crippen molar-refractivity contribution in [3.8, 4) is 11.3 Å². The fraction of sp³-hybridized carbons (Fsp3) is 0.222. The molecule has 0 radical (unpaired) electrons. The first-order valence-corrected chi connectivity index (χ1v) is 10.5. The van der Waals surface area contributed by atoms with E-state index in [-0.39, 0.29) is 21.6 Å². The van der Waals surface area contributed by atoms with Crippen LogP contribution in [0.15, 0.2) is 42.5 Å². The Balaban J connectivity index is 2.28. The van der Waals surface area contributed by atoms with Crippen LogP contribution in [0, 0.1) is 5.82 Å². The number of nitrogens with zero attached hydrogens (tertiary/aromatic N) is 2. The van der Waals surface area contributed by atoms with Gasteiger partial charge in [0.25, 0.3) is 0 Å². The summed E-state index contributed by atoms with van der Waals surface area (Å²) < 4.78 is 15.0. The summed E-state index contributed by atoms with van der Waals surface area (Å²) in [5, 5.41) is 1.54. The summed E-state index contributed by atoms with van der Waals surface area (Å²) in [6.45, 7) is 4.27. The maximum absolute atomic E-state index is 14.0. The standard InChI is InChI=1S/C18H18AsFN2/c1-11(2)16-10-17(22-18(19-3)21-16)14-8-9-15(20)13-7-5-4-6-12(13)14/h4-11,19H,1-3H3. The van der Waals surface area contributed by atoms with Crippen LogP contribution in [0.1, 0.15) is 25.5 Å². The third-order valence-corrected chi connectivity index (χ3v) is 5.12. The van der Waals surface area contributed by atoms with Crippen molar-refractivity contribution >= 4 is 31.1 Å². The van der Waals surface area contributed by atoms with Crippen molar-refractivity contribution in [2.45, 2.75) is 25.5 Å². The summed E-state index contributed by atoms with van der Waals surface area (Å²) in [4.78, 5) is 9.35. The Morgan fingerprint density at radius 2 is 1.73 bits per heavy atom. The van der Waals surface area contributed by atoms with Gasteiger partial charge in [0.05, 0.1) is 0 Å². The SMILES string of the molecule is C[AsH]c1nc(-c2ccc(F)c3ccccc23)cc(C(C)C)n1. The summed E-state index contributed by atoms with van der Waals surface area (Å²) in [5.74, 6) is 0.159. The van der Waals surface area contributed by atoms with E-state index in [4.69, 9.17) is 4.98 Å². The molecule has 0 amide bonds. The fourth-order valence-electron chi connectivity index (χ4n) is 2.50. The van der Waals surface area contributed by atoms with Crippen molar-refractivity contribution in [1.29, 1.82) is 0 Å². The van der Waals surface area contributed by atoms with Gasteiger partial charge in [-0.15, -0.1) is 0 Å². The van der Waals surface area contributed by atoms with Crippen molar-refractivity contribution in [1.82, 2.24) is 9.97 Å². The molecule has 2 aromatic carbocycles. The molecule has 2 nitrogen and oxygen atoms in total. The molecule has 22 heavy (non-hydrogen) atoms.